The molecule has 108 valence electrons. The topological polar surface area (TPSA) is 95.4 Å². The van der Waals surface area contributed by atoms with E-state index in [4.69, 9.17) is 5.11 Å². The van der Waals surface area contributed by atoms with Crippen LogP contribution >= 0.6 is 0 Å². The van der Waals surface area contributed by atoms with Crippen LogP contribution in [-0.2, 0) is 9.59 Å². The summed E-state index contributed by atoms with van der Waals surface area (Å²) in [6, 6.07) is 0. The zero-order chi connectivity index (χ0) is 15.0. The molecule has 0 spiro atoms. The largest absolute Gasteiger partial charge is 0.478 e. The average molecular weight is 278 g/mol. The van der Waals surface area contributed by atoms with Crippen molar-refractivity contribution in [1.29, 1.82) is 0 Å². The highest BCUT2D eigenvalue weighted by Gasteiger charge is 2.12. The van der Waals surface area contributed by atoms with Gasteiger partial charge >= 0.3 is 5.97 Å². The van der Waals surface area contributed by atoms with E-state index in [1.807, 2.05) is 6.92 Å². The highest BCUT2D eigenvalue weighted by Crippen LogP contribution is 2.08. The summed E-state index contributed by atoms with van der Waals surface area (Å²) >= 11 is 0. The van der Waals surface area contributed by atoms with Crippen molar-refractivity contribution in [3.05, 3.63) is 24.0 Å². The molecule has 0 fully saturated rings. The normalized spacial score (nSPS) is 10.5. The van der Waals surface area contributed by atoms with Crippen LogP contribution in [0, 0.1) is 0 Å². The van der Waals surface area contributed by atoms with Gasteiger partial charge in [-0.2, -0.15) is 0 Å². The minimum absolute atomic E-state index is 0.114. The lowest BCUT2D eigenvalue weighted by Crippen LogP contribution is -2.37. The van der Waals surface area contributed by atoms with Gasteiger partial charge in [0.2, 0.25) is 11.9 Å². The average Bonchev–Trinajstić information content (AvgIpc) is 2.45. The number of aliphatic carboxylic acids is 1. The quantitative estimate of drug-likeness (QED) is 0.707. The molecule has 0 unspecified atom stereocenters. The predicted octanol–water partition coefficient (Wildman–Crippen LogP) is 0.537. The number of carboxylic acid groups (broad SMARTS) is 1. The molecule has 0 aliphatic rings. The smallest absolute Gasteiger partial charge is 0.328 e. The van der Waals surface area contributed by atoms with Crippen LogP contribution in [0.15, 0.2) is 18.5 Å². The maximum Gasteiger partial charge on any atom is 0.328 e. The number of carbonyl (C=O) groups excluding carboxylic acids is 1. The highest BCUT2D eigenvalue weighted by molar-refractivity contribution is 5.85. The van der Waals surface area contributed by atoms with E-state index in [2.05, 4.69) is 15.3 Å². The first-order valence-electron chi connectivity index (χ1n) is 6.25. The summed E-state index contributed by atoms with van der Waals surface area (Å²) in [6.07, 6.45) is 6.34. The summed E-state index contributed by atoms with van der Waals surface area (Å²) in [6.45, 7) is 2.85. The van der Waals surface area contributed by atoms with Gasteiger partial charge in [-0.05, 0) is 12.5 Å². The summed E-state index contributed by atoms with van der Waals surface area (Å²) in [5, 5.41) is 11.1. The van der Waals surface area contributed by atoms with Gasteiger partial charge in [0, 0.05) is 37.6 Å². The second-order valence-electron chi connectivity index (χ2n) is 4.08. The molecule has 1 aromatic rings. The number of carbonyl (C=O) groups is 2. The molecule has 7 nitrogen and oxygen atoms in total. The second kappa shape index (κ2) is 7.88. The number of rotatable bonds is 7. The van der Waals surface area contributed by atoms with Crippen LogP contribution < -0.4 is 10.2 Å². The lowest BCUT2D eigenvalue weighted by molar-refractivity contribution is -0.131. The van der Waals surface area contributed by atoms with Gasteiger partial charge in [-0.25, -0.2) is 14.8 Å². The number of nitrogens with one attached hydrogen (secondary N) is 1. The van der Waals surface area contributed by atoms with Crippen molar-refractivity contribution in [1.82, 2.24) is 15.3 Å². The Morgan fingerprint density at radius 3 is 2.55 bits per heavy atom. The molecule has 1 amide bonds. The van der Waals surface area contributed by atoms with Gasteiger partial charge in [0.15, 0.2) is 0 Å². The van der Waals surface area contributed by atoms with Crippen molar-refractivity contribution in [3.63, 3.8) is 0 Å². The summed E-state index contributed by atoms with van der Waals surface area (Å²) in [5.74, 6) is -0.693. The number of nitrogens with zero attached hydrogens (tertiary/aromatic N) is 3. The third kappa shape index (κ3) is 5.05. The fraction of sp³-hybridized carbons (Fsp3) is 0.385. The van der Waals surface area contributed by atoms with Gasteiger partial charge in [-0.3, -0.25) is 4.79 Å². The van der Waals surface area contributed by atoms with Crippen molar-refractivity contribution in [3.8, 4) is 0 Å². The minimum atomic E-state index is -1.03. The summed E-state index contributed by atoms with van der Waals surface area (Å²) in [7, 11) is 1.58. The van der Waals surface area contributed by atoms with Crippen LogP contribution in [0.4, 0.5) is 5.95 Å². The molecule has 2 N–H and O–H groups in total. The maximum atomic E-state index is 11.4. The molecule has 1 heterocycles. The molecule has 0 aromatic carbocycles. The van der Waals surface area contributed by atoms with E-state index in [0.29, 0.717) is 18.1 Å². The number of hydrogen-bond donors (Lipinski definition) is 2. The van der Waals surface area contributed by atoms with Gasteiger partial charge in [-0.1, -0.05) is 6.92 Å². The zero-order valence-corrected chi connectivity index (χ0v) is 11.5. The van der Waals surface area contributed by atoms with Crippen LogP contribution in [0.25, 0.3) is 6.08 Å². The van der Waals surface area contributed by atoms with Crippen LogP contribution in [0.3, 0.4) is 0 Å². The fourth-order valence-corrected chi connectivity index (χ4v) is 1.52. The molecule has 0 saturated heterocycles. The van der Waals surface area contributed by atoms with Crippen molar-refractivity contribution < 1.29 is 14.7 Å². The Kier molecular flexibility index (Phi) is 6.15. The molecule has 1 aromatic heterocycles. The molecule has 20 heavy (non-hydrogen) atoms. The van der Waals surface area contributed by atoms with Gasteiger partial charge in [-0.15, -0.1) is 0 Å². The van der Waals surface area contributed by atoms with Crippen molar-refractivity contribution in [2.75, 3.05) is 25.0 Å². The Bertz CT molecular complexity index is 485. The van der Waals surface area contributed by atoms with E-state index in [1.165, 1.54) is 18.5 Å². The molecule has 0 aliphatic heterocycles. The standard InChI is InChI=1S/C13H18N4O3/c1-3-6-17(9-11(18)14-2)13-15-7-10(8-16-13)4-5-12(19)20/h4-5,7-8H,3,6,9H2,1-2H3,(H,14,18)(H,19,20)/b5-4+. The Balaban J connectivity index is 2.81. The number of hydrogen-bond acceptors (Lipinski definition) is 5. The van der Waals surface area contributed by atoms with E-state index in [0.717, 1.165) is 12.5 Å². The van der Waals surface area contributed by atoms with Gasteiger partial charge < -0.3 is 15.3 Å². The van der Waals surface area contributed by atoms with Gasteiger partial charge in [0.1, 0.15) is 0 Å². The summed E-state index contributed by atoms with van der Waals surface area (Å²) in [4.78, 5) is 31.9. The molecule has 0 bridgehead atoms. The first kappa shape index (κ1) is 15.6. The van der Waals surface area contributed by atoms with Crippen LogP contribution in [0.5, 0.6) is 0 Å². The second-order valence-corrected chi connectivity index (χ2v) is 4.08. The zero-order valence-electron chi connectivity index (χ0n) is 11.5. The lowest BCUT2D eigenvalue weighted by Gasteiger charge is -2.20. The Morgan fingerprint density at radius 2 is 2.05 bits per heavy atom. The number of carboxylic acids is 1. The van der Waals surface area contributed by atoms with E-state index in [9.17, 15) is 9.59 Å². The first-order chi connectivity index (χ1) is 9.56. The SMILES string of the molecule is CCCN(CC(=O)NC)c1ncc(/C=C/C(=O)O)cn1. The van der Waals surface area contributed by atoms with Crippen LogP contribution in [0.1, 0.15) is 18.9 Å². The highest BCUT2D eigenvalue weighted by atomic mass is 16.4. The van der Waals surface area contributed by atoms with E-state index >= 15 is 0 Å². The van der Waals surface area contributed by atoms with E-state index < -0.39 is 5.97 Å². The molecule has 0 radical (unpaired) electrons. The summed E-state index contributed by atoms with van der Waals surface area (Å²) < 4.78 is 0. The Morgan fingerprint density at radius 1 is 1.40 bits per heavy atom. The minimum Gasteiger partial charge on any atom is -0.478 e. The van der Waals surface area contributed by atoms with E-state index in [-0.39, 0.29) is 12.5 Å². The molecule has 1 rings (SSSR count). The number of amides is 1. The fourth-order valence-electron chi connectivity index (χ4n) is 1.52. The molecule has 7 heteroatoms. The van der Waals surface area contributed by atoms with Crippen molar-refractivity contribution in [2.45, 2.75) is 13.3 Å². The predicted molar refractivity (Wildman–Crippen MR) is 75.3 cm³/mol. The van der Waals surface area contributed by atoms with Crippen molar-refractivity contribution in [2.24, 2.45) is 0 Å². The monoisotopic (exact) mass is 278 g/mol. The lowest BCUT2D eigenvalue weighted by atomic mass is 10.3. The molecular formula is C13H18N4O3. The first-order valence-corrected chi connectivity index (χ1v) is 6.25. The van der Waals surface area contributed by atoms with Gasteiger partial charge in [0.25, 0.3) is 0 Å². The third-order valence-electron chi connectivity index (χ3n) is 2.47. The van der Waals surface area contributed by atoms with Gasteiger partial charge in [0.05, 0.1) is 6.54 Å². The number of anilines is 1. The van der Waals surface area contributed by atoms with Crippen molar-refractivity contribution >= 4 is 23.9 Å². The van der Waals surface area contributed by atoms with Crippen LogP contribution in [-0.4, -0.2) is 47.1 Å². The molecule has 0 saturated carbocycles. The molecule has 0 atom stereocenters. The maximum absolute atomic E-state index is 11.4. The Hall–Kier alpha value is -2.44. The van der Waals surface area contributed by atoms with Crippen LogP contribution in [0.2, 0.25) is 0 Å². The molecule has 0 aliphatic carbocycles. The van der Waals surface area contributed by atoms with E-state index in [1.54, 1.807) is 11.9 Å². The summed E-state index contributed by atoms with van der Waals surface area (Å²) in [5.41, 5.74) is 0.590. The number of likely N-dealkylation sites (N-methyl/N-ethyl adjacent to an activating group) is 1. The number of aromatic nitrogens is 2. The molecular weight excluding hydrogens is 260 g/mol. The Labute approximate surface area is 117 Å². The third-order valence-corrected chi connectivity index (χ3v) is 2.47.